The highest BCUT2D eigenvalue weighted by Crippen LogP contribution is 2.16. The minimum atomic E-state index is -0.367. The summed E-state index contributed by atoms with van der Waals surface area (Å²) < 4.78 is 5.01. The quantitative estimate of drug-likeness (QED) is 0.791. The van der Waals surface area contributed by atoms with Crippen molar-refractivity contribution in [3.8, 4) is 0 Å². The average molecular weight is 224 g/mol. The van der Waals surface area contributed by atoms with Crippen molar-refractivity contribution in [2.24, 2.45) is 0 Å². The Morgan fingerprint density at radius 2 is 2.38 bits per heavy atom. The van der Waals surface area contributed by atoms with Crippen LogP contribution in [-0.4, -0.2) is 40.3 Å². The van der Waals surface area contributed by atoms with Crippen LogP contribution in [0.3, 0.4) is 0 Å². The van der Waals surface area contributed by atoms with Crippen LogP contribution in [-0.2, 0) is 11.2 Å². The molecule has 0 aliphatic carbocycles. The molecule has 5 heteroatoms. The molecule has 1 aliphatic heterocycles. The van der Waals surface area contributed by atoms with E-state index in [2.05, 4.69) is 5.16 Å². The highest BCUT2D eigenvalue weighted by molar-refractivity contribution is 5.79. The highest BCUT2D eigenvalue weighted by Gasteiger charge is 2.25. The van der Waals surface area contributed by atoms with Gasteiger partial charge < -0.3 is 14.5 Å². The van der Waals surface area contributed by atoms with Crippen molar-refractivity contribution in [1.29, 1.82) is 0 Å². The Labute approximate surface area is 94.0 Å². The number of carbonyl (C=O) groups is 1. The molecule has 1 aliphatic rings. The summed E-state index contributed by atoms with van der Waals surface area (Å²) in [5.74, 6) is 0.733. The summed E-state index contributed by atoms with van der Waals surface area (Å²) in [6.45, 7) is 4.73. The molecule has 1 atom stereocenters. The average Bonchev–Trinajstić information content (AvgIpc) is 2.79. The van der Waals surface area contributed by atoms with Crippen molar-refractivity contribution < 1.29 is 14.4 Å². The van der Waals surface area contributed by atoms with Gasteiger partial charge in [0.15, 0.2) is 0 Å². The third kappa shape index (κ3) is 2.09. The third-order valence-corrected chi connectivity index (χ3v) is 3.03. The van der Waals surface area contributed by atoms with Gasteiger partial charge in [-0.15, -0.1) is 0 Å². The normalized spacial score (nSPS) is 20.4. The summed E-state index contributed by atoms with van der Waals surface area (Å²) in [5.41, 5.74) is 1.64. The largest absolute Gasteiger partial charge is 0.391 e. The van der Waals surface area contributed by atoms with Crippen molar-refractivity contribution in [2.75, 3.05) is 13.1 Å². The molecule has 16 heavy (non-hydrogen) atoms. The zero-order valence-electron chi connectivity index (χ0n) is 9.56. The summed E-state index contributed by atoms with van der Waals surface area (Å²) >= 11 is 0. The topological polar surface area (TPSA) is 66.6 Å². The first-order valence-corrected chi connectivity index (χ1v) is 5.45. The van der Waals surface area contributed by atoms with Gasteiger partial charge in [0, 0.05) is 18.7 Å². The monoisotopic (exact) mass is 224 g/mol. The second kappa shape index (κ2) is 4.25. The SMILES string of the molecule is Cc1noc(C)c1CC(=O)N1CC[C@H](O)C1. The van der Waals surface area contributed by atoms with Gasteiger partial charge in [-0.2, -0.15) is 0 Å². The molecule has 0 unspecified atom stereocenters. The van der Waals surface area contributed by atoms with Gasteiger partial charge in [-0.05, 0) is 20.3 Å². The number of amides is 1. The predicted molar refractivity (Wildman–Crippen MR) is 56.9 cm³/mol. The molecule has 88 valence electrons. The van der Waals surface area contributed by atoms with Gasteiger partial charge in [-0.25, -0.2) is 0 Å². The number of nitrogens with zero attached hydrogens (tertiary/aromatic N) is 2. The van der Waals surface area contributed by atoms with Gasteiger partial charge in [0.05, 0.1) is 18.2 Å². The van der Waals surface area contributed by atoms with Crippen LogP contribution in [0.4, 0.5) is 0 Å². The number of hydrogen-bond acceptors (Lipinski definition) is 4. The van der Waals surface area contributed by atoms with Crippen LogP contribution < -0.4 is 0 Å². The highest BCUT2D eigenvalue weighted by atomic mass is 16.5. The van der Waals surface area contributed by atoms with E-state index in [4.69, 9.17) is 4.52 Å². The number of aromatic nitrogens is 1. The first-order valence-electron chi connectivity index (χ1n) is 5.45. The Morgan fingerprint density at radius 3 is 2.88 bits per heavy atom. The molecule has 5 nitrogen and oxygen atoms in total. The molecule has 0 radical (unpaired) electrons. The van der Waals surface area contributed by atoms with Crippen molar-refractivity contribution in [2.45, 2.75) is 32.8 Å². The number of likely N-dealkylation sites (tertiary alicyclic amines) is 1. The lowest BCUT2D eigenvalue weighted by molar-refractivity contribution is -0.129. The van der Waals surface area contributed by atoms with Crippen LogP contribution in [0.5, 0.6) is 0 Å². The van der Waals surface area contributed by atoms with E-state index >= 15 is 0 Å². The molecule has 0 aromatic carbocycles. The number of aliphatic hydroxyl groups excluding tert-OH is 1. The summed E-state index contributed by atoms with van der Waals surface area (Å²) in [6, 6.07) is 0. The molecule has 1 aromatic heterocycles. The first-order chi connectivity index (χ1) is 7.58. The summed E-state index contributed by atoms with van der Waals surface area (Å²) in [5, 5.41) is 13.2. The minimum absolute atomic E-state index is 0.0333. The standard InChI is InChI=1S/C11H16N2O3/c1-7-10(8(2)16-12-7)5-11(15)13-4-3-9(14)6-13/h9,14H,3-6H2,1-2H3/t9-/m0/s1. The lowest BCUT2D eigenvalue weighted by Crippen LogP contribution is -2.31. The molecular weight excluding hydrogens is 208 g/mol. The van der Waals surface area contributed by atoms with Crippen molar-refractivity contribution in [3.63, 3.8) is 0 Å². The van der Waals surface area contributed by atoms with Gasteiger partial charge in [0.2, 0.25) is 5.91 Å². The Hall–Kier alpha value is -1.36. The van der Waals surface area contributed by atoms with E-state index in [1.807, 2.05) is 6.92 Å². The predicted octanol–water partition coefficient (Wildman–Crippen LogP) is 0.427. The maximum atomic E-state index is 11.9. The lowest BCUT2D eigenvalue weighted by atomic mass is 10.1. The van der Waals surface area contributed by atoms with E-state index in [0.29, 0.717) is 31.7 Å². The number of β-amino-alcohol motifs (C(OH)–C–C–N with tert-alkyl or cyclic N) is 1. The zero-order valence-corrected chi connectivity index (χ0v) is 9.56. The van der Waals surface area contributed by atoms with E-state index in [1.54, 1.807) is 11.8 Å². The Kier molecular flexibility index (Phi) is 2.96. The molecule has 1 aromatic rings. The second-order valence-corrected chi connectivity index (χ2v) is 4.26. The minimum Gasteiger partial charge on any atom is -0.391 e. The maximum absolute atomic E-state index is 11.9. The second-order valence-electron chi connectivity index (χ2n) is 4.26. The van der Waals surface area contributed by atoms with E-state index in [-0.39, 0.29) is 12.0 Å². The zero-order chi connectivity index (χ0) is 11.7. The third-order valence-electron chi connectivity index (χ3n) is 3.03. The first kappa shape index (κ1) is 11.1. The molecule has 0 spiro atoms. The van der Waals surface area contributed by atoms with Crippen molar-refractivity contribution in [3.05, 3.63) is 17.0 Å². The van der Waals surface area contributed by atoms with Gasteiger partial charge in [0.1, 0.15) is 5.76 Å². The molecule has 1 amide bonds. The van der Waals surface area contributed by atoms with Gasteiger partial charge in [-0.1, -0.05) is 5.16 Å². The summed E-state index contributed by atoms with van der Waals surface area (Å²) in [7, 11) is 0. The number of rotatable bonds is 2. The smallest absolute Gasteiger partial charge is 0.227 e. The Bertz CT molecular complexity index is 380. The molecular formula is C11H16N2O3. The molecule has 0 bridgehead atoms. The van der Waals surface area contributed by atoms with Crippen molar-refractivity contribution >= 4 is 5.91 Å². The van der Waals surface area contributed by atoms with Crippen LogP contribution in [0.25, 0.3) is 0 Å². The maximum Gasteiger partial charge on any atom is 0.227 e. The van der Waals surface area contributed by atoms with E-state index in [0.717, 1.165) is 11.3 Å². The summed E-state index contributed by atoms with van der Waals surface area (Å²) in [4.78, 5) is 13.6. The van der Waals surface area contributed by atoms with Crippen LogP contribution >= 0.6 is 0 Å². The van der Waals surface area contributed by atoms with Crippen LogP contribution in [0.2, 0.25) is 0 Å². The molecule has 1 fully saturated rings. The number of aliphatic hydroxyl groups is 1. The van der Waals surface area contributed by atoms with Crippen LogP contribution in [0.15, 0.2) is 4.52 Å². The molecule has 1 saturated heterocycles. The van der Waals surface area contributed by atoms with Crippen molar-refractivity contribution in [1.82, 2.24) is 10.1 Å². The summed E-state index contributed by atoms with van der Waals surface area (Å²) in [6.07, 6.45) is 0.620. The Balaban J connectivity index is 2.02. The van der Waals surface area contributed by atoms with E-state index in [1.165, 1.54) is 0 Å². The number of aryl methyl sites for hydroxylation is 2. The molecule has 2 heterocycles. The number of carbonyl (C=O) groups excluding carboxylic acids is 1. The van der Waals surface area contributed by atoms with E-state index in [9.17, 15) is 9.90 Å². The van der Waals surface area contributed by atoms with Gasteiger partial charge >= 0.3 is 0 Å². The molecule has 1 N–H and O–H groups in total. The molecule has 0 saturated carbocycles. The Morgan fingerprint density at radius 1 is 1.62 bits per heavy atom. The van der Waals surface area contributed by atoms with Crippen LogP contribution in [0, 0.1) is 13.8 Å². The fraction of sp³-hybridized carbons (Fsp3) is 0.636. The van der Waals surface area contributed by atoms with E-state index < -0.39 is 0 Å². The fourth-order valence-electron chi connectivity index (χ4n) is 1.99. The number of hydrogen-bond donors (Lipinski definition) is 1. The fourth-order valence-corrected chi connectivity index (χ4v) is 1.99. The van der Waals surface area contributed by atoms with Gasteiger partial charge in [0.25, 0.3) is 0 Å². The van der Waals surface area contributed by atoms with Gasteiger partial charge in [-0.3, -0.25) is 4.79 Å². The lowest BCUT2D eigenvalue weighted by Gasteiger charge is -2.15. The van der Waals surface area contributed by atoms with Crippen LogP contribution in [0.1, 0.15) is 23.4 Å². The molecule has 2 rings (SSSR count).